The summed E-state index contributed by atoms with van der Waals surface area (Å²) < 4.78 is 29.1. The maximum absolute atomic E-state index is 12.4. The van der Waals surface area contributed by atoms with E-state index in [-0.39, 0.29) is 6.04 Å². The number of hydrogen-bond acceptors (Lipinski definition) is 3. The van der Waals surface area contributed by atoms with Gasteiger partial charge in [-0.15, -0.1) is 11.3 Å². The van der Waals surface area contributed by atoms with Crippen LogP contribution in [0.1, 0.15) is 38.2 Å². The van der Waals surface area contributed by atoms with Crippen LogP contribution < -0.4 is 4.72 Å². The fourth-order valence-electron chi connectivity index (χ4n) is 3.86. The Morgan fingerprint density at radius 1 is 1.40 bits per heavy atom. The average Bonchev–Trinajstić information content (AvgIpc) is 3.05. The van der Waals surface area contributed by atoms with Crippen molar-refractivity contribution in [1.29, 1.82) is 0 Å². The van der Waals surface area contributed by atoms with Crippen molar-refractivity contribution in [2.75, 3.05) is 0 Å². The molecular weight excluding hydrogens is 358 g/mol. The molecule has 4 atom stereocenters. The molecule has 0 saturated heterocycles. The Labute approximate surface area is 133 Å². The number of rotatable bonds is 4. The molecule has 2 aliphatic carbocycles. The van der Waals surface area contributed by atoms with Crippen LogP contribution in [0.5, 0.6) is 0 Å². The van der Waals surface area contributed by atoms with Crippen molar-refractivity contribution in [2.24, 2.45) is 17.8 Å². The van der Waals surface area contributed by atoms with Crippen LogP contribution in [-0.2, 0) is 10.0 Å². The topological polar surface area (TPSA) is 46.2 Å². The van der Waals surface area contributed by atoms with E-state index in [1.807, 2.05) is 13.8 Å². The Hall–Kier alpha value is 0.0900. The minimum Gasteiger partial charge on any atom is -0.207 e. The molecule has 112 valence electrons. The number of halogens is 1. The average molecular weight is 378 g/mol. The predicted molar refractivity (Wildman–Crippen MR) is 85.5 cm³/mol. The third-order valence-electron chi connectivity index (χ3n) is 4.88. The van der Waals surface area contributed by atoms with Gasteiger partial charge in [0.2, 0.25) is 10.0 Å². The summed E-state index contributed by atoms with van der Waals surface area (Å²) in [5, 5.41) is 0. The van der Waals surface area contributed by atoms with Crippen LogP contribution in [0.25, 0.3) is 0 Å². The van der Waals surface area contributed by atoms with Crippen molar-refractivity contribution in [1.82, 2.24) is 4.72 Å². The highest BCUT2D eigenvalue weighted by Crippen LogP contribution is 2.49. The maximum Gasteiger partial charge on any atom is 0.250 e. The summed E-state index contributed by atoms with van der Waals surface area (Å²) in [5.74, 6) is 2.10. The van der Waals surface area contributed by atoms with Crippen molar-refractivity contribution < 1.29 is 8.42 Å². The highest BCUT2D eigenvalue weighted by atomic mass is 79.9. The lowest BCUT2D eigenvalue weighted by molar-refractivity contribution is 0.280. The zero-order valence-corrected chi connectivity index (χ0v) is 14.9. The number of sulfonamides is 1. The smallest absolute Gasteiger partial charge is 0.207 e. The van der Waals surface area contributed by atoms with Gasteiger partial charge in [-0.25, -0.2) is 13.1 Å². The first-order valence-corrected chi connectivity index (χ1v) is 10.2. The lowest BCUT2D eigenvalue weighted by atomic mass is 9.84. The summed E-state index contributed by atoms with van der Waals surface area (Å²) in [6.45, 7) is 3.94. The zero-order chi connectivity index (χ0) is 14.5. The van der Waals surface area contributed by atoms with E-state index >= 15 is 0 Å². The van der Waals surface area contributed by atoms with E-state index in [2.05, 4.69) is 20.7 Å². The second-order valence-electron chi connectivity index (χ2n) is 6.27. The van der Waals surface area contributed by atoms with Gasteiger partial charge in [0, 0.05) is 6.04 Å². The van der Waals surface area contributed by atoms with Crippen LogP contribution in [-0.4, -0.2) is 14.5 Å². The summed E-state index contributed by atoms with van der Waals surface area (Å²) in [4.78, 5) is 0. The second kappa shape index (κ2) is 5.38. The van der Waals surface area contributed by atoms with E-state index in [0.29, 0.717) is 10.1 Å². The van der Waals surface area contributed by atoms with Gasteiger partial charge < -0.3 is 0 Å². The molecule has 2 aliphatic rings. The van der Waals surface area contributed by atoms with Gasteiger partial charge in [0.15, 0.2) is 0 Å². The zero-order valence-electron chi connectivity index (χ0n) is 11.7. The lowest BCUT2D eigenvalue weighted by Crippen LogP contribution is -2.39. The standard InChI is InChI=1S/C14H20BrNO2S2/c1-8-5-13(19-14(8)15)20(17,18)16-9(2)12-7-10-3-4-11(12)6-10/h5,9-12,16H,3-4,6-7H2,1-2H3. The van der Waals surface area contributed by atoms with Crippen LogP contribution in [0.3, 0.4) is 0 Å². The van der Waals surface area contributed by atoms with Gasteiger partial charge in [0.1, 0.15) is 4.21 Å². The third kappa shape index (κ3) is 2.72. The molecule has 3 nitrogen and oxygen atoms in total. The Bertz CT molecular complexity index is 591. The van der Waals surface area contributed by atoms with E-state index in [9.17, 15) is 8.42 Å². The molecule has 0 aliphatic heterocycles. The van der Waals surface area contributed by atoms with Gasteiger partial charge in [-0.3, -0.25) is 0 Å². The molecule has 1 aromatic rings. The van der Waals surface area contributed by atoms with Gasteiger partial charge in [-0.2, -0.15) is 0 Å². The molecule has 2 saturated carbocycles. The molecule has 0 radical (unpaired) electrons. The molecule has 1 N–H and O–H groups in total. The van der Waals surface area contributed by atoms with E-state index in [0.717, 1.165) is 21.2 Å². The van der Waals surface area contributed by atoms with Crippen molar-refractivity contribution in [3.05, 3.63) is 15.4 Å². The van der Waals surface area contributed by atoms with Gasteiger partial charge in [0.25, 0.3) is 0 Å². The minimum atomic E-state index is -3.38. The van der Waals surface area contributed by atoms with Crippen molar-refractivity contribution >= 4 is 37.3 Å². The largest absolute Gasteiger partial charge is 0.250 e. The van der Waals surface area contributed by atoms with Crippen molar-refractivity contribution in [3.63, 3.8) is 0 Å². The summed E-state index contributed by atoms with van der Waals surface area (Å²) >= 11 is 4.68. The van der Waals surface area contributed by atoms with Crippen molar-refractivity contribution in [2.45, 2.75) is 49.8 Å². The lowest BCUT2D eigenvalue weighted by Gasteiger charge is -2.28. The quantitative estimate of drug-likeness (QED) is 0.863. The Morgan fingerprint density at radius 3 is 2.65 bits per heavy atom. The van der Waals surface area contributed by atoms with E-state index < -0.39 is 10.0 Å². The molecule has 0 aromatic carbocycles. The van der Waals surface area contributed by atoms with Crippen LogP contribution in [0.15, 0.2) is 14.1 Å². The SMILES string of the molecule is Cc1cc(S(=O)(=O)NC(C)C2CC3CCC2C3)sc1Br. The van der Waals surface area contributed by atoms with Gasteiger partial charge >= 0.3 is 0 Å². The van der Waals surface area contributed by atoms with Crippen molar-refractivity contribution in [3.8, 4) is 0 Å². The molecule has 3 rings (SSSR count). The number of fused-ring (bicyclic) bond motifs is 2. The maximum atomic E-state index is 12.4. The Kier molecular flexibility index (Phi) is 4.03. The number of nitrogens with one attached hydrogen (secondary N) is 1. The molecule has 4 unspecified atom stereocenters. The third-order valence-corrected chi connectivity index (χ3v) is 9.04. The molecule has 2 bridgehead atoms. The highest BCUT2D eigenvalue weighted by molar-refractivity contribution is 9.11. The molecular formula is C14H20BrNO2S2. The Morgan fingerprint density at radius 2 is 2.15 bits per heavy atom. The fraction of sp³-hybridized carbons (Fsp3) is 0.714. The van der Waals surface area contributed by atoms with Crippen LogP contribution in [0, 0.1) is 24.7 Å². The van der Waals surface area contributed by atoms with E-state index in [1.54, 1.807) is 6.07 Å². The van der Waals surface area contributed by atoms with E-state index in [4.69, 9.17) is 0 Å². The minimum absolute atomic E-state index is 0.0384. The first-order valence-electron chi connectivity index (χ1n) is 7.15. The molecule has 6 heteroatoms. The van der Waals surface area contributed by atoms with E-state index in [1.165, 1.54) is 37.0 Å². The first-order chi connectivity index (χ1) is 9.37. The van der Waals surface area contributed by atoms with Gasteiger partial charge in [-0.1, -0.05) is 6.42 Å². The molecule has 20 heavy (non-hydrogen) atoms. The molecule has 0 spiro atoms. The summed E-state index contributed by atoms with van der Waals surface area (Å²) in [6, 6.07) is 1.78. The molecule has 1 aromatic heterocycles. The first kappa shape index (κ1) is 15.0. The monoisotopic (exact) mass is 377 g/mol. The normalized spacial score (nSPS) is 30.9. The number of aryl methyl sites for hydroxylation is 1. The highest BCUT2D eigenvalue weighted by Gasteiger charge is 2.42. The number of thiophene rings is 1. The Balaban J connectivity index is 1.73. The number of hydrogen-bond donors (Lipinski definition) is 1. The van der Waals surface area contributed by atoms with Crippen LogP contribution in [0.2, 0.25) is 0 Å². The summed E-state index contributed by atoms with van der Waals surface area (Å²) in [6.07, 6.45) is 5.13. The summed E-state index contributed by atoms with van der Waals surface area (Å²) in [5.41, 5.74) is 0.975. The molecule has 1 heterocycles. The molecule has 0 amide bonds. The fourth-order valence-corrected chi connectivity index (χ4v) is 7.40. The summed E-state index contributed by atoms with van der Waals surface area (Å²) in [7, 11) is -3.38. The van der Waals surface area contributed by atoms with Gasteiger partial charge in [-0.05, 0) is 78.4 Å². The molecule has 2 fully saturated rings. The van der Waals surface area contributed by atoms with Gasteiger partial charge in [0.05, 0.1) is 3.79 Å². The predicted octanol–water partition coefficient (Wildman–Crippen LogP) is 3.92. The van der Waals surface area contributed by atoms with Crippen LogP contribution in [0.4, 0.5) is 0 Å². The second-order valence-corrected chi connectivity index (χ2v) is 10.6. The van der Waals surface area contributed by atoms with Crippen LogP contribution >= 0.6 is 27.3 Å².